The number of hydrogen-bond acceptors (Lipinski definition) is 9. The van der Waals surface area contributed by atoms with Gasteiger partial charge < -0.3 is 15.7 Å². The third kappa shape index (κ3) is 6.63. The number of nitrogens with one attached hydrogen (secondary N) is 2. The first kappa shape index (κ1) is 26.7. The third-order valence-corrected chi connectivity index (χ3v) is 6.41. The Labute approximate surface area is 210 Å². The molecule has 3 heterocycles. The fourth-order valence-electron chi connectivity index (χ4n) is 2.85. The second-order valence-corrected chi connectivity index (χ2v) is 8.98. The number of ketones is 1. The van der Waals surface area contributed by atoms with Gasteiger partial charge in [-0.25, -0.2) is 19.9 Å². The van der Waals surface area contributed by atoms with E-state index in [-0.39, 0.29) is 52.6 Å². The van der Waals surface area contributed by atoms with Crippen LogP contribution in [0.4, 0.5) is 24.8 Å². The molecule has 3 N–H and O–H groups in total. The second-order valence-electron chi connectivity index (χ2n) is 7.13. The molecule has 9 nitrogen and oxygen atoms in total. The average molecular weight is 549 g/mol. The summed E-state index contributed by atoms with van der Waals surface area (Å²) in [5.41, 5.74) is -1.13. The predicted molar refractivity (Wildman–Crippen MR) is 124 cm³/mol. The lowest BCUT2D eigenvalue weighted by Gasteiger charge is -2.11. The Morgan fingerprint density at radius 3 is 2.60 bits per heavy atom. The highest BCUT2D eigenvalue weighted by molar-refractivity contribution is 7.13. The molecule has 15 heteroatoms. The normalized spacial score (nSPS) is 12.3. The van der Waals surface area contributed by atoms with Crippen LogP contribution in [0.5, 0.6) is 0 Å². The number of thiazole rings is 1. The van der Waals surface area contributed by atoms with Crippen molar-refractivity contribution in [1.82, 2.24) is 19.9 Å². The van der Waals surface area contributed by atoms with Gasteiger partial charge in [0.1, 0.15) is 33.6 Å². The fraction of sp³-hybridized carbons (Fsp3) is 0.300. The van der Waals surface area contributed by atoms with E-state index in [4.69, 9.17) is 28.3 Å². The Hall–Kier alpha value is -2.87. The highest BCUT2D eigenvalue weighted by atomic mass is 35.5. The van der Waals surface area contributed by atoms with Crippen LogP contribution in [0.15, 0.2) is 24.8 Å². The molecule has 0 aromatic carbocycles. The maximum absolute atomic E-state index is 13.0. The molecular weight excluding hydrogens is 532 g/mol. The number of aliphatic hydroxyl groups excluding tert-OH is 1. The van der Waals surface area contributed by atoms with Crippen molar-refractivity contribution in [3.8, 4) is 0 Å². The minimum Gasteiger partial charge on any atom is -0.395 e. The van der Waals surface area contributed by atoms with Crippen LogP contribution in [-0.2, 0) is 6.18 Å². The van der Waals surface area contributed by atoms with E-state index in [1.807, 2.05) is 0 Å². The number of hydrogen-bond donors (Lipinski definition) is 3. The number of alkyl halides is 3. The van der Waals surface area contributed by atoms with Gasteiger partial charge >= 0.3 is 6.18 Å². The first-order chi connectivity index (χ1) is 16.5. The van der Waals surface area contributed by atoms with Crippen molar-refractivity contribution in [2.45, 2.75) is 25.4 Å². The van der Waals surface area contributed by atoms with E-state index < -0.39 is 28.6 Å². The summed E-state index contributed by atoms with van der Waals surface area (Å²) in [4.78, 5) is 41.0. The number of anilines is 2. The van der Waals surface area contributed by atoms with Crippen molar-refractivity contribution in [3.63, 3.8) is 0 Å². The number of carbonyl (C=O) groups excluding carboxylic acids is 2. The predicted octanol–water partition coefficient (Wildman–Crippen LogP) is 4.69. The van der Waals surface area contributed by atoms with Gasteiger partial charge in [0.25, 0.3) is 5.91 Å². The van der Waals surface area contributed by atoms with Gasteiger partial charge in [-0.15, -0.1) is 11.3 Å². The van der Waals surface area contributed by atoms with Crippen LogP contribution < -0.4 is 10.6 Å². The van der Waals surface area contributed by atoms with Crippen LogP contribution in [0.25, 0.3) is 0 Å². The Kier molecular flexibility index (Phi) is 8.59. The summed E-state index contributed by atoms with van der Waals surface area (Å²) in [5, 5.41) is 13.9. The van der Waals surface area contributed by atoms with E-state index in [9.17, 15) is 22.8 Å². The van der Waals surface area contributed by atoms with Crippen molar-refractivity contribution < 1.29 is 27.9 Å². The Morgan fingerprint density at radius 1 is 1.17 bits per heavy atom. The maximum Gasteiger partial charge on any atom is 0.418 e. The van der Waals surface area contributed by atoms with Crippen LogP contribution in [0, 0.1) is 0 Å². The average Bonchev–Trinajstić information content (AvgIpc) is 3.29. The number of carbonyl (C=O) groups is 2. The molecule has 0 aliphatic carbocycles. The van der Waals surface area contributed by atoms with Crippen molar-refractivity contribution in [3.05, 3.63) is 56.0 Å². The van der Waals surface area contributed by atoms with Crippen molar-refractivity contribution in [2.24, 2.45) is 0 Å². The number of aliphatic hydroxyl groups is 1. The molecule has 0 radical (unpaired) electrons. The van der Waals surface area contributed by atoms with Gasteiger partial charge in [-0.1, -0.05) is 30.1 Å². The Bertz CT molecular complexity index is 1240. The molecule has 3 aromatic heterocycles. The summed E-state index contributed by atoms with van der Waals surface area (Å²) in [5.74, 6) is -1.63. The zero-order valence-electron chi connectivity index (χ0n) is 17.9. The molecule has 0 unspecified atom stereocenters. The molecule has 3 rings (SSSR count). The topological polar surface area (TPSA) is 130 Å². The van der Waals surface area contributed by atoms with Gasteiger partial charge in [0.15, 0.2) is 5.78 Å². The summed E-state index contributed by atoms with van der Waals surface area (Å²) >= 11 is 12.7. The second kappa shape index (κ2) is 11.2. The third-order valence-electron chi connectivity index (χ3n) is 4.52. The maximum atomic E-state index is 13.0. The van der Waals surface area contributed by atoms with Crippen LogP contribution in [0.2, 0.25) is 10.0 Å². The van der Waals surface area contributed by atoms with Crippen molar-refractivity contribution in [1.29, 1.82) is 0 Å². The molecule has 0 aliphatic heterocycles. The largest absolute Gasteiger partial charge is 0.418 e. The zero-order chi connectivity index (χ0) is 25.8. The fourth-order valence-corrected chi connectivity index (χ4v) is 4.19. The summed E-state index contributed by atoms with van der Waals surface area (Å²) < 4.78 is 39.1. The minimum absolute atomic E-state index is 0.00207. The summed E-state index contributed by atoms with van der Waals surface area (Å²) in [6.45, 7) is 1.75. The van der Waals surface area contributed by atoms with Crippen molar-refractivity contribution >= 4 is 57.9 Å². The van der Waals surface area contributed by atoms with Gasteiger partial charge in [0.05, 0.1) is 28.4 Å². The van der Waals surface area contributed by atoms with Crippen LogP contribution in [0.3, 0.4) is 0 Å². The Morgan fingerprint density at radius 2 is 1.91 bits per heavy atom. The first-order valence-corrected chi connectivity index (χ1v) is 11.5. The zero-order valence-corrected chi connectivity index (χ0v) is 20.2. The molecule has 1 atom stereocenters. The molecule has 0 spiro atoms. The Balaban J connectivity index is 1.69. The number of nitrogens with zero attached hydrogens (tertiary/aromatic N) is 4. The SMILES string of the molecule is C[C@H](CC(=O)c1ncnc(NCCO)c1Cl)c1ncc(C(=O)Nc2cc(C(F)(F)F)c(Cl)cn2)s1. The molecule has 0 fully saturated rings. The molecule has 0 aliphatic rings. The number of pyridine rings is 1. The van der Waals surface area contributed by atoms with Gasteiger partial charge in [-0.05, 0) is 6.07 Å². The molecule has 3 aromatic rings. The van der Waals surface area contributed by atoms with Gasteiger partial charge in [-0.2, -0.15) is 13.2 Å². The molecule has 35 heavy (non-hydrogen) atoms. The van der Waals surface area contributed by atoms with E-state index in [1.54, 1.807) is 6.92 Å². The van der Waals surface area contributed by atoms with E-state index >= 15 is 0 Å². The van der Waals surface area contributed by atoms with Gasteiger partial charge in [0, 0.05) is 25.1 Å². The van der Waals surface area contributed by atoms with Crippen LogP contribution in [-0.4, -0.2) is 49.9 Å². The molecule has 0 saturated carbocycles. The summed E-state index contributed by atoms with van der Waals surface area (Å²) in [6, 6.07) is 0.638. The highest BCUT2D eigenvalue weighted by Crippen LogP contribution is 2.35. The molecule has 0 bridgehead atoms. The van der Waals surface area contributed by atoms with E-state index in [2.05, 4.69) is 30.6 Å². The molecule has 0 saturated heterocycles. The molecular formula is C20H17Cl2F3N6O3S. The van der Waals surface area contributed by atoms with E-state index in [0.29, 0.717) is 11.1 Å². The van der Waals surface area contributed by atoms with E-state index in [1.165, 1.54) is 12.5 Å². The smallest absolute Gasteiger partial charge is 0.395 e. The first-order valence-electron chi connectivity index (χ1n) is 9.89. The number of aromatic nitrogens is 4. The lowest BCUT2D eigenvalue weighted by Crippen LogP contribution is -2.13. The molecule has 186 valence electrons. The quantitative estimate of drug-likeness (QED) is 0.328. The van der Waals surface area contributed by atoms with Crippen molar-refractivity contribution in [2.75, 3.05) is 23.8 Å². The van der Waals surface area contributed by atoms with Crippen LogP contribution in [0.1, 0.15) is 50.0 Å². The number of Topliss-reactive ketones (excluding diaryl/α,β-unsaturated/α-hetero) is 1. The number of rotatable bonds is 9. The van der Waals surface area contributed by atoms with Gasteiger partial charge in [-0.3, -0.25) is 9.59 Å². The number of halogens is 5. The lowest BCUT2D eigenvalue weighted by molar-refractivity contribution is -0.137. The van der Waals surface area contributed by atoms with Gasteiger partial charge in [0.2, 0.25) is 0 Å². The van der Waals surface area contributed by atoms with E-state index in [0.717, 1.165) is 17.5 Å². The monoisotopic (exact) mass is 548 g/mol. The molecule has 1 amide bonds. The minimum atomic E-state index is -4.71. The lowest BCUT2D eigenvalue weighted by atomic mass is 10.0. The van der Waals surface area contributed by atoms with Crippen LogP contribution >= 0.6 is 34.5 Å². The summed E-state index contributed by atoms with van der Waals surface area (Å²) in [7, 11) is 0. The number of amides is 1. The highest BCUT2D eigenvalue weighted by Gasteiger charge is 2.34. The summed E-state index contributed by atoms with van der Waals surface area (Å²) in [6.07, 6.45) is -1.51. The standard InChI is InChI=1S/C20H17Cl2F3N6O3S/c1-9(4-12(33)16-15(22)17(26-2-3-32)30-8-29-16)19-28-7-13(35-19)18(34)31-14-5-10(20(23,24)25)11(21)6-27-14/h5-9,32H,2-4H2,1H3,(H,26,29,30)(H,27,31,34)/t9-/m1/s1.